The standard InChI is InChI=1S/C21H32O3/c1-6-19(2)13-14-8-9-16-20(3,15(14)12-17(19)22)10-7-11-21(16,4)18(23)24-5/h6,8,15-17,22H,1,7,9-13H2,2-5H3/t15-,16+,17+,19+,20+,21+/m0/s1. The molecule has 0 saturated heterocycles. The lowest BCUT2D eigenvalue weighted by Crippen LogP contribution is -2.55. The van der Waals surface area contributed by atoms with Gasteiger partial charge in [0.05, 0.1) is 18.6 Å². The largest absolute Gasteiger partial charge is 0.469 e. The van der Waals surface area contributed by atoms with Crippen LogP contribution in [0.25, 0.3) is 0 Å². The molecule has 0 aliphatic heterocycles. The van der Waals surface area contributed by atoms with Crippen LogP contribution in [0.15, 0.2) is 24.3 Å². The summed E-state index contributed by atoms with van der Waals surface area (Å²) in [6.45, 7) is 10.5. The molecule has 24 heavy (non-hydrogen) atoms. The minimum atomic E-state index is -0.409. The Bertz CT molecular complexity index is 580. The lowest BCUT2D eigenvalue weighted by atomic mass is 9.45. The van der Waals surface area contributed by atoms with E-state index in [4.69, 9.17) is 4.74 Å². The number of methoxy groups -OCH3 is 1. The number of allylic oxidation sites excluding steroid dienone is 2. The van der Waals surface area contributed by atoms with Crippen molar-refractivity contribution in [2.45, 2.75) is 65.4 Å². The van der Waals surface area contributed by atoms with Crippen molar-refractivity contribution in [3.8, 4) is 0 Å². The zero-order chi connectivity index (χ0) is 17.8. The Labute approximate surface area is 146 Å². The number of carbonyl (C=O) groups excluding carboxylic acids is 1. The lowest BCUT2D eigenvalue weighted by molar-refractivity contribution is -0.167. The highest BCUT2D eigenvalue weighted by Gasteiger charge is 2.59. The van der Waals surface area contributed by atoms with Crippen LogP contribution in [0.4, 0.5) is 0 Å². The fraction of sp³-hybridized carbons (Fsp3) is 0.762. The van der Waals surface area contributed by atoms with Crippen LogP contribution >= 0.6 is 0 Å². The van der Waals surface area contributed by atoms with Crippen LogP contribution in [0.1, 0.15) is 59.3 Å². The zero-order valence-electron chi connectivity index (χ0n) is 15.6. The molecule has 0 unspecified atom stereocenters. The van der Waals surface area contributed by atoms with Crippen molar-refractivity contribution in [2.75, 3.05) is 7.11 Å². The molecule has 3 heteroatoms. The number of hydrogen-bond donors (Lipinski definition) is 1. The second-order valence-electron chi connectivity index (χ2n) is 9.03. The van der Waals surface area contributed by atoms with Gasteiger partial charge in [-0.2, -0.15) is 0 Å². The van der Waals surface area contributed by atoms with Crippen molar-refractivity contribution in [3.63, 3.8) is 0 Å². The molecule has 6 atom stereocenters. The van der Waals surface area contributed by atoms with Crippen molar-refractivity contribution in [2.24, 2.45) is 28.1 Å². The van der Waals surface area contributed by atoms with Crippen LogP contribution in [0.5, 0.6) is 0 Å². The summed E-state index contributed by atoms with van der Waals surface area (Å²) >= 11 is 0. The monoisotopic (exact) mass is 332 g/mol. The van der Waals surface area contributed by atoms with Crippen molar-refractivity contribution < 1.29 is 14.6 Å². The van der Waals surface area contributed by atoms with Gasteiger partial charge in [-0.25, -0.2) is 0 Å². The van der Waals surface area contributed by atoms with E-state index in [9.17, 15) is 9.90 Å². The average molecular weight is 332 g/mol. The third-order valence-corrected chi connectivity index (χ3v) is 7.76. The van der Waals surface area contributed by atoms with Gasteiger partial charge in [0.2, 0.25) is 0 Å². The number of aliphatic hydroxyl groups is 1. The third-order valence-electron chi connectivity index (χ3n) is 7.76. The number of aliphatic hydroxyl groups excluding tert-OH is 1. The fourth-order valence-electron chi connectivity index (χ4n) is 6.05. The maximum atomic E-state index is 12.6. The second kappa shape index (κ2) is 5.72. The molecule has 0 heterocycles. The van der Waals surface area contributed by atoms with Gasteiger partial charge in [0.15, 0.2) is 0 Å². The number of ether oxygens (including phenoxy) is 1. The smallest absolute Gasteiger partial charge is 0.311 e. The summed E-state index contributed by atoms with van der Waals surface area (Å²) in [4.78, 5) is 12.6. The summed E-state index contributed by atoms with van der Waals surface area (Å²) in [5.74, 6) is 0.589. The summed E-state index contributed by atoms with van der Waals surface area (Å²) in [5.41, 5.74) is 0.893. The number of hydrogen-bond acceptors (Lipinski definition) is 3. The van der Waals surface area contributed by atoms with Crippen LogP contribution in [0.2, 0.25) is 0 Å². The zero-order valence-corrected chi connectivity index (χ0v) is 15.6. The molecule has 1 N–H and O–H groups in total. The molecule has 134 valence electrons. The van der Waals surface area contributed by atoms with Crippen LogP contribution in [0, 0.1) is 28.1 Å². The predicted octanol–water partition coefficient (Wildman–Crippen LogP) is 4.27. The molecule has 3 aliphatic carbocycles. The molecule has 0 amide bonds. The number of carbonyl (C=O) groups is 1. The van der Waals surface area contributed by atoms with Crippen LogP contribution in [-0.2, 0) is 9.53 Å². The number of rotatable bonds is 2. The molecule has 0 spiro atoms. The van der Waals surface area contributed by atoms with Crippen LogP contribution in [0.3, 0.4) is 0 Å². The van der Waals surface area contributed by atoms with Gasteiger partial charge in [-0.1, -0.05) is 38.0 Å². The Kier molecular flexibility index (Phi) is 4.23. The van der Waals surface area contributed by atoms with E-state index >= 15 is 0 Å². The van der Waals surface area contributed by atoms with Crippen molar-refractivity contribution in [1.82, 2.24) is 0 Å². The second-order valence-corrected chi connectivity index (χ2v) is 9.03. The van der Waals surface area contributed by atoms with E-state index in [1.807, 2.05) is 6.08 Å². The Morgan fingerprint density at radius 3 is 2.71 bits per heavy atom. The highest BCUT2D eigenvalue weighted by atomic mass is 16.5. The summed E-state index contributed by atoms with van der Waals surface area (Å²) in [5, 5.41) is 10.8. The molecular weight excluding hydrogens is 300 g/mol. The van der Waals surface area contributed by atoms with Gasteiger partial charge in [-0.3, -0.25) is 4.79 Å². The van der Waals surface area contributed by atoms with E-state index in [0.29, 0.717) is 11.8 Å². The predicted molar refractivity (Wildman–Crippen MR) is 95.3 cm³/mol. The van der Waals surface area contributed by atoms with Gasteiger partial charge >= 0.3 is 5.97 Å². The quantitative estimate of drug-likeness (QED) is 0.607. The van der Waals surface area contributed by atoms with Crippen LogP contribution in [-0.4, -0.2) is 24.3 Å². The van der Waals surface area contributed by atoms with Crippen molar-refractivity contribution >= 4 is 5.97 Å². The van der Waals surface area contributed by atoms with E-state index in [0.717, 1.165) is 38.5 Å². The molecule has 0 aromatic rings. The summed E-state index contributed by atoms with van der Waals surface area (Å²) in [7, 11) is 1.50. The van der Waals surface area contributed by atoms with Gasteiger partial charge in [0.25, 0.3) is 0 Å². The molecule has 0 aromatic heterocycles. The highest BCUT2D eigenvalue weighted by molar-refractivity contribution is 5.77. The molecule has 0 bridgehead atoms. The van der Waals surface area contributed by atoms with Gasteiger partial charge < -0.3 is 9.84 Å². The van der Waals surface area contributed by atoms with E-state index in [1.165, 1.54) is 12.7 Å². The Balaban J connectivity index is 2.00. The summed E-state index contributed by atoms with van der Waals surface area (Å²) < 4.78 is 5.17. The maximum Gasteiger partial charge on any atom is 0.311 e. The molecule has 0 radical (unpaired) electrons. The molecule has 2 saturated carbocycles. The SMILES string of the molecule is C=C[C@]1(C)CC2=CC[C@@H]3[C@](C)(CCC[C@@]3(C)C(=O)OC)[C@H]2C[C@H]1O. The molecule has 2 fully saturated rings. The van der Waals surface area contributed by atoms with E-state index in [2.05, 4.69) is 33.4 Å². The van der Waals surface area contributed by atoms with Gasteiger partial charge in [-0.05, 0) is 56.3 Å². The molecule has 3 rings (SSSR count). The van der Waals surface area contributed by atoms with Crippen molar-refractivity contribution in [3.05, 3.63) is 24.3 Å². The average Bonchev–Trinajstić information content (AvgIpc) is 2.55. The van der Waals surface area contributed by atoms with Gasteiger partial charge in [-0.15, -0.1) is 6.58 Å². The lowest BCUT2D eigenvalue weighted by Gasteiger charge is -2.59. The van der Waals surface area contributed by atoms with E-state index in [-0.39, 0.29) is 22.9 Å². The van der Waals surface area contributed by atoms with E-state index in [1.54, 1.807) is 0 Å². The fourth-order valence-corrected chi connectivity index (χ4v) is 6.05. The Hall–Kier alpha value is -1.09. The number of esters is 1. The first kappa shape index (κ1) is 17.7. The Morgan fingerprint density at radius 2 is 2.08 bits per heavy atom. The first-order valence-corrected chi connectivity index (χ1v) is 9.30. The Morgan fingerprint density at radius 1 is 1.38 bits per heavy atom. The molecular formula is C21H32O3. The third kappa shape index (κ3) is 2.31. The summed E-state index contributed by atoms with van der Waals surface area (Å²) in [6.07, 6.45) is 9.61. The molecule has 3 aliphatic rings. The van der Waals surface area contributed by atoms with Crippen LogP contribution < -0.4 is 0 Å². The normalized spacial score (nSPS) is 47.9. The molecule has 0 aromatic carbocycles. The number of fused-ring (bicyclic) bond motifs is 3. The molecule has 3 nitrogen and oxygen atoms in total. The summed E-state index contributed by atoms with van der Waals surface area (Å²) in [6, 6.07) is 0. The first-order valence-electron chi connectivity index (χ1n) is 9.30. The van der Waals surface area contributed by atoms with Crippen molar-refractivity contribution in [1.29, 1.82) is 0 Å². The minimum Gasteiger partial charge on any atom is -0.469 e. The topological polar surface area (TPSA) is 46.5 Å². The van der Waals surface area contributed by atoms with Gasteiger partial charge in [0.1, 0.15) is 0 Å². The maximum absolute atomic E-state index is 12.6. The minimum absolute atomic E-state index is 0.0642. The first-order chi connectivity index (χ1) is 11.2. The van der Waals surface area contributed by atoms with E-state index < -0.39 is 5.41 Å². The van der Waals surface area contributed by atoms with Gasteiger partial charge in [0, 0.05) is 5.41 Å². The highest BCUT2D eigenvalue weighted by Crippen LogP contribution is 2.63.